The van der Waals surface area contributed by atoms with E-state index in [2.05, 4.69) is 10.1 Å². The van der Waals surface area contributed by atoms with E-state index in [0.29, 0.717) is 12.3 Å². The summed E-state index contributed by atoms with van der Waals surface area (Å²) in [5.41, 5.74) is 0.346. The van der Waals surface area contributed by atoms with Crippen molar-refractivity contribution in [3.05, 3.63) is 23.2 Å². The lowest BCUT2D eigenvalue weighted by Crippen LogP contribution is -2.19. The number of nitrogens with one attached hydrogen (secondary N) is 1. The Balaban J connectivity index is 2.61. The number of carbonyl (C=O) groups excluding carboxylic acids is 1. The monoisotopic (exact) mass is 311 g/mol. The Morgan fingerprint density at radius 3 is 2.65 bits per heavy atom. The minimum Gasteiger partial charge on any atom is -0.483 e. The summed E-state index contributed by atoms with van der Waals surface area (Å²) in [6.45, 7) is 0.610. The number of anilines is 1. The third-order valence-electron chi connectivity index (χ3n) is 2.04. The van der Waals surface area contributed by atoms with Crippen molar-refractivity contribution in [2.75, 3.05) is 25.1 Å². The van der Waals surface area contributed by atoms with Gasteiger partial charge in [0.2, 0.25) is 5.91 Å². The highest BCUT2D eigenvalue weighted by Gasteiger charge is 2.28. The van der Waals surface area contributed by atoms with Gasteiger partial charge >= 0.3 is 6.18 Å². The molecule has 1 N–H and O–H groups in total. The Morgan fingerprint density at radius 1 is 1.40 bits per heavy atom. The Kier molecular flexibility index (Phi) is 6.09. The first-order valence-electron chi connectivity index (χ1n) is 5.68. The molecule has 0 saturated carbocycles. The first kappa shape index (κ1) is 16.6. The number of halogens is 4. The molecule has 4 nitrogen and oxygen atoms in total. The van der Waals surface area contributed by atoms with Gasteiger partial charge in [-0.05, 0) is 25.1 Å². The summed E-state index contributed by atoms with van der Waals surface area (Å²) in [5.74, 6) is -0.487. The highest BCUT2D eigenvalue weighted by atomic mass is 35.5. The number of ether oxygens (including phenoxy) is 2. The summed E-state index contributed by atoms with van der Waals surface area (Å²) < 4.78 is 45.4. The maximum absolute atomic E-state index is 12.0. The number of amides is 1. The molecule has 1 amide bonds. The van der Waals surface area contributed by atoms with Crippen LogP contribution in [0.5, 0.6) is 5.75 Å². The third-order valence-corrected chi connectivity index (χ3v) is 2.34. The second-order valence-corrected chi connectivity index (χ2v) is 4.14. The first-order chi connectivity index (χ1) is 9.31. The topological polar surface area (TPSA) is 47.6 Å². The fourth-order valence-corrected chi connectivity index (χ4v) is 1.48. The minimum atomic E-state index is -4.44. The number of hydrogen-bond acceptors (Lipinski definition) is 3. The SMILES string of the molecule is CCOCC(=O)Nc1ccc(OCC(F)(F)F)c(Cl)c1. The van der Waals surface area contributed by atoms with Crippen molar-refractivity contribution < 1.29 is 27.4 Å². The quantitative estimate of drug-likeness (QED) is 0.877. The van der Waals surface area contributed by atoms with Crippen LogP contribution in [0.2, 0.25) is 5.02 Å². The standard InChI is InChI=1S/C12H13ClF3NO3/c1-2-19-6-11(18)17-8-3-4-10(9(13)5-8)20-7-12(14,15)16/h3-5H,2,6-7H2,1H3,(H,17,18). The molecule has 0 fully saturated rings. The number of hydrogen-bond donors (Lipinski definition) is 1. The summed E-state index contributed by atoms with van der Waals surface area (Å²) in [4.78, 5) is 11.4. The van der Waals surface area contributed by atoms with Crippen molar-refractivity contribution in [3.63, 3.8) is 0 Å². The van der Waals surface area contributed by atoms with Gasteiger partial charge in [0.05, 0.1) is 5.02 Å². The van der Waals surface area contributed by atoms with Crippen LogP contribution in [0.3, 0.4) is 0 Å². The van der Waals surface area contributed by atoms with Crippen LogP contribution in [0.25, 0.3) is 0 Å². The molecule has 1 rings (SSSR count). The fourth-order valence-electron chi connectivity index (χ4n) is 1.25. The predicted octanol–water partition coefficient (Wildman–Crippen LogP) is 3.26. The molecule has 0 aliphatic carbocycles. The average Bonchev–Trinajstić information content (AvgIpc) is 2.34. The molecule has 8 heteroatoms. The molecule has 0 bridgehead atoms. The zero-order valence-electron chi connectivity index (χ0n) is 10.6. The van der Waals surface area contributed by atoms with E-state index in [9.17, 15) is 18.0 Å². The molecule has 0 aromatic heterocycles. The van der Waals surface area contributed by atoms with Crippen LogP contribution in [0.4, 0.5) is 18.9 Å². The van der Waals surface area contributed by atoms with E-state index in [4.69, 9.17) is 16.3 Å². The maximum Gasteiger partial charge on any atom is 0.422 e. The predicted molar refractivity (Wildman–Crippen MR) is 68.1 cm³/mol. The van der Waals surface area contributed by atoms with Gasteiger partial charge in [0.1, 0.15) is 12.4 Å². The Morgan fingerprint density at radius 2 is 2.10 bits per heavy atom. The van der Waals surface area contributed by atoms with E-state index in [1.54, 1.807) is 6.92 Å². The van der Waals surface area contributed by atoms with E-state index in [1.165, 1.54) is 18.2 Å². The second-order valence-electron chi connectivity index (χ2n) is 3.73. The molecule has 0 atom stereocenters. The van der Waals surface area contributed by atoms with E-state index >= 15 is 0 Å². The zero-order valence-corrected chi connectivity index (χ0v) is 11.3. The number of benzene rings is 1. The summed E-state index contributed by atoms with van der Waals surface area (Å²) in [5, 5.41) is 2.47. The molecule has 0 radical (unpaired) electrons. The van der Waals surface area contributed by atoms with Gasteiger partial charge in [-0.25, -0.2) is 0 Å². The Bertz CT molecular complexity index is 466. The lowest BCUT2D eigenvalue weighted by molar-refractivity contribution is -0.153. The van der Waals surface area contributed by atoms with Gasteiger partial charge in [-0.3, -0.25) is 4.79 Å². The minimum absolute atomic E-state index is 0.0246. The van der Waals surface area contributed by atoms with E-state index in [1.807, 2.05) is 0 Å². The molecule has 0 spiro atoms. The van der Waals surface area contributed by atoms with Gasteiger partial charge in [-0.15, -0.1) is 0 Å². The van der Waals surface area contributed by atoms with Gasteiger partial charge in [0.15, 0.2) is 6.61 Å². The van der Waals surface area contributed by atoms with Crippen molar-refractivity contribution in [2.24, 2.45) is 0 Å². The van der Waals surface area contributed by atoms with Gasteiger partial charge in [-0.2, -0.15) is 13.2 Å². The molecular formula is C12H13ClF3NO3. The Labute approximate surface area is 118 Å². The van der Waals surface area contributed by atoms with Crippen LogP contribution in [0.1, 0.15) is 6.92 Å². The van der Waals surface area contributed by atoms with Crippen molar-refractivity contribution in [3.8, 4) is 5.75 Å². The van der Waals surface area contributed by atoms with E-state index < -0.39 is 12.8 Å². The van der Waals surface area contributed by atoms with Crippen molar-refractivity contribution >= 4 is 23.2 Å². The smallest absolute Gasteiger partial charge is 0.422 e. The van der Waals surface area contributed by atoms with Gasteiger partial charge < -0.3 is 14.8 Å². The van der Waals surface area contributed by atoms with Crippen molar-refractivity contribution in [1.82, 2.24) is 0 Å². The molecule has 1 aromatic carbocycles. The molecule has 0 aliphatic rings. The molecular weight excluding hydrogens is 299 g/mol. The highest BCUT2D eigenvalue weighted by Crippen LogP contribution is 2.29. The summed E-state index contributed by atoms with van der Waals surface area (Å²) >= 11 is 5.77. The van der Waals surface area contributed by atoms with Gasteiger partial charge in [0, 0.05) is 12.3 Å². The molecule has 20 heavy (non-hydrogen) atoms. The molecule has 0 aliphatic heterocycles. The van der Waals surface area contributed by atoms with Crippen LogP contribution < -0.4 is 10.1 Å². The zero-order chi connectivity index (χ0) is 15.2. The van der Waals surface area contributed by atoms with E-state index in [-0.39, 0.29) is 23.3 Å². The van der Waals surface area contributed by atoms with Crippen LogP contribution in [-0.4, -0.2) is 31.9 Å². The second kappa shape index (κ2) is 7.35. The lowest BCUT2D eigenvalue weighted by Gasteiger charge is -2.12. The fraction of sp³-hybridized carbons (Fsp3) is 0.417. The molecule has 0 saturated heterocycles. The highest BCUT2D eigenvalue weighted by molar-refractivity contribution is 6.32. The molecule has 112 valence electrons. The summed E-state index contributed by atoms with van der Waals surface area (Å²) in [6, 6.07) is 3.95. The van der Waals surface area contributed by atoms with Gasteiger partial charge in [-0.1, -0.05) is 11.6 Å². The first-order valence-corrected chi connectivity index (χ1v) is 6.06. The lowest BCUT2D eigenvalue weighted by atomic mass is 10.3. The van der Waals surface area contributed by atoms with Crippen LogP contribution >= 0.6 is 11.6 Å². The van der Waals surface area contributed by atoms with Crippen molar-refractivity contribution in [2.45, 2.75) is 13.1 Å². The van der Waals surface area contributed by atoms with Crippen LogP contribution in [0, 0.1) is 0 Å². The normalized spacial score (nSPS) is 11.2. The summed E-state index contributed by atoms with van der Waals surface area (Å²) in [6.07, 6.45) is -4.44. The number of rotatable bonds is 6. The van der Waals surface area contributed by atoms with Crippen LogP contribution in [0.15, 0.2) is 18.2 Å². The third kappa shape index (κ3) is 6.12. The molecule has 0 unspecified atom stereocenters. The largest absolute Gasteiger partial charge is 0.483 e. The number of carbonyl (C=O) groups is 1. The maximum atomic E-state index is 12.0. The van der Waals surface area contributed by atoms with Crippen molar-refractivity contribution in [1.29, 1.82) is 0 Å². The van der Waals surface area contributed by atoms with Crippen LogP contribution in [-0.2, 0) is 9.53 Å². The van der Waals surface area contributed by atoms with Gasteiger partial charge in [0.25, 0.3) is 0 Å². The number of alkyl halides is 3. The summed E-state index contributed by atoms with van der Waals surface area (Å²) in [7, 11) is 0. The van der Waals surface area contributed by atoms with E-state index in [0.717, 1.165) is 0 Å². The molecule has 0 heterocycles. The molecule has 1 aromatic rings. The Hall–Kier alpha value is -1.47. The average molecular weight is 312 g/mol.